The highest BCUT2D eigenvalue weighted by molar-refractivity contribution is 5.82. The molecule has 0 N–H and O–H groups in total. The number of alkyl halides is 10. The Balaban J connectivity index is 3.24. The van der Waals surface area contributed by atoms with Gasteiger partial charge in [-0.2, -0.15) is 43.9 Å². The molecule has 0 heterocycles. The highest BCUT2D eigenvalue weighted by Gasteiger charge is 2.66. The molecule has 4 nitrogen and oxygen atoms in total. The first kappa shape index (κ1) is 26.5. The second-order valence-electron chi connectivity index (χ2n) is 6.19. The lowest BCUT2D eigenvalue weighted by Crippen LogP contribution is -2.46. The Hall–Kier alpha value is -2.54. The van der Waals surface area contributed by atoms with Crippen molar-refractivity contribution in [3.63, 3.8) is 0 Å². The molecule has 0 aliphatic carbocycles. The average molecular weight is 472 g/mol. The normalized spacial score (nSPS) is 13.1. The third kappa shape index (κ3) is 6.47. The molecule has 0 bridgehead atoms. The van der Waals surface area contributed by atoms with Crippen LogP contribution in [0.15, 0.2) is 18.2 Å². The molecular formula is C17H14F10O4. The Morgan fingerprint density at radius 3 is 1.42 bits per heavy atom. The molecule has 0 spiro atoms. The van der Waals surface area contributed by atoms with E-state index in [4.69, 9.17) is 0 Å². The molecule has 31 heavy (non-hydrogen) atoms. The van der Waals surface area contributed by atoms with Crippen LogP contribution < -0.4 is 9.47 Å². The van der Waals surface area contributed by atoms with Crippen molar-refractivity contribution in [2.45, 2.75) is 56.8 Å². The summed E-state index contributed by atoms with van der Waals surface area (Å²) < 4.78 is 134. The minimum absolute atomic E-state index is 0.0229. The van der Waals surface area contributed by atoms with Gasteiger partial charge in [0.2, 0.25) is 0 Å². The fraction of sp³-hybridized carbons (Fsp3) is 0.529. The third-order valence-electron chi connectivity index (χ3n) is 3.65. The number of carbonyl (C=O) groups excluding carboxylic acids is 2. The van der Waals surface area contributed by atoms with Crippen LogP contribution in [0.1, 0.15) is 31.7 Å². The highest BCUT2D eigenvalue weighted by Crippen LogP contribution is 2.39. The fourth-order valence-corrected chi connectivity index (χ4v) is 2.05. The molecule has 0 radical (unpaired) electrons. The number of ether oxygens (including phenoxy) is 2. The topological polar surface area (TPSA) is 52.6 Å². The van der Waals surface area contributed by atoms with Gasteiger partial charge in [0.15, 0.2) is 0 Å². The van der Waals surface area contributed by atoms with Gasteiger partial charge in [-0.1, -0.05) is 19.8 Å². The number of hydrogen-bond donors (Lipinski definition) is 0. The van der Waals surface area contributed by atoms with E-state index < -0.39 is 47.6 Å². The number of esters is 2. The summed E-state index contributed by atoms with van der Waals surface area (Å²) in [6, 6.07) is 1.80. The van der Waals surface area contributed by atoms with Crippen molar-refractivity contribution < 1.29 is 63.0 Å². The Kier molecular flexibility index (Phi) is 7.95. The Bertz CT molecular complexity index is 741. The molecule has 1 aromatic rings. The van der Waals surface area contributed by atoms with Gasteiger partial charge in [0, 0.05) is 6.07 Å². The molecule has 0 saturated carbocycles. The van der Waals surface area contributed by atoms with E-state index >= 15 is 0 Å². The Morgan fingerprint density at radius 2 is 1.10 bits per heavy atom. The number of halogens is 10. The van der Waals surface area contributed by atoms with E-state index in [0.29, 0.717) is 19.3 Å². The second-order valence-corrected chi connectivity index (χ2v) is 6.19. The van der Waals surface area contributed by atoms with Crippen LogP contribution in [0.5, 0.6) is 11.5 Å². The van der Waals surface area contributed by atoms with E-state index in [9.17, 15) is 53.5 Å². The number of hydrogen-bond acceptors (Lipinski definition) is 4. The van der Waals surface area contributed by atoms with Crippen LogP contribution in [-0.4, -0.2) is 36.1 Å². The summed E-state index contributed by atoms with van der Waals surface area (Å²) in [5, 5.41) is 0. The first-order valence-electron chi connectivity index (χ1n) is 8.41. The summed E-state index contributed by atoms with van der Waals surface area (Å²) in [7, 11) is 0. The number of carbonyl (C=O) groups is 2. The molecule has 0 atom stereocenters. The van der Waals surface area contributed by atoms with Crippen molar-refractivity contribution in [2.75, 3.05) is 0 Å². The van der Waals surface area contributed by atoms with Crippen LogP contribution in [0, 0.1) is 0 Å². The van der Waals surface area contributed by atoms with Crippen molar-refractivity contribution in [2.24, 2.45) is 0 Å². The van der Waals surface area contributed by atoms with Crippen molar-refractivity contribution >= 4 is 11.9 Å². The van der Waals surface area contributed by atoms with E-state index in [1.807, 2.05) is 0 Å². The first-order valence-corrected chi connectivity index (χ1v) is 8.41. The van der Waals surface area contributed by atoms with E-state index in [1.165, 1.54) is 0 Å². The van der Waals surface area contributed by atoms with Gasteiger partial charge in [0.1, 0.15) is 11.5 Å². The second kappa shape index (κ2) is 9.30. The first-order chi connectivity index (χ1) is 13.9. The maximum absolute atomic E-state index is 13.0. The zero-order valence-electron chi connectivity index (χ0n) is 15.5. The largest absolute Gasteiger partial charge is 0.465 e. The number of unbranched alkanes of at least 4 members (excludes halogenated alkanes) is 2. The molecule has 0 unspecified atom stereocenters. The van der Waals surface area contributed by atoms with Crippen LogP contribution in [-0.2, 0) is 16.0 Å². The van der Waals surface area contributed by atoms with Crippen molar-refractivity contribution in [1.29, 1.82) is 0 Å². The smallest absolute Gasteiger partial charge is 0.422 e. The van der Waals surface area contributed by atoms with E-state index in [1.54, 1.807) is 6.92 Å². The zero-order chi connectivity index (χ0) is 24.3. The van der Waals surface area contributed by atoms with Crippen molar-refractivity contribution in [3.8, 4) is 11.5 Å². The van der Waals surface area contributed by atoms with Crippen molar-refractivity contribution in [3.05, 3.63) is 23.8 Å². The minimum atomic E-state index is -6.31. The van der Waals surface area contributed by atoms with Crippen LogP contribution in [0.25, 0.3) is 0 Å². The predicted molar refractivity (Wildman–Crippen MR) is 82.9 cm³/mol. The van der Waals surface area contributed by atoms with Crippen LogP contribution >= 0.6 is 0 Å². The predicted octanol–water partition coefficient (Wildman–Crippen LogP) is 5.63. The maximum atomic E-state index is 13.0. The molecular weight excluding hydrogens is 458 g/mol. The van der Waals surface area contributed by atoms with E-state index in [-0.39, 0.29) is 18.1 Å². The Labute approximate surface area is 168 Å². The molecule has 0 aliphatic rings. The van der Waals surface area contributed by atoms with Crippen LogP contribution in [0.4, 0.5) is 43.9 Å². The van der Waals surface area contributed by atoms with Gasteiger partial charge in [-0.15, -0.1) is 0 Å². The molecule has 0 amide bonds. The quantitative estimate of drug-likeness (QED) is 0.213. The molecule has 0 aromatic heterocycles. The number of rotatable bonds is 8. The summed E-state index contributed by atoms with van der Waals surface area (Å²) in [4.78, 5) is 22.4. The van der Waals surface area contributed by atoms with Gasteiger partial charge in [0.25, 0.3) is 0 Å². The lowest BCUT2D eigenvalue weighted by molar-refractivity contribution is -0.276. The standard InChI is InChI=1S/C17H14F10O4/c1-2-3-4-5-9-6-10(30-12(28)14(18,19)16(22,23)24)8-11(7-9)31-13(29)15(20,21)17(25,26)27/h6-8H,2-5H2,1H3. The summed E-state index contributed by atoms with van der Waals surface area (Å²) >= 11 is 0. The molecule has 176 valence electrons. The zero-order valence-corrected chi connectivity index (χ0v) is 15.5. The number of aryl methyl sites for hydroxylation is 1. The van der Waals surface area contributed by atoms with Gasteiger partial charge >= 0.3 is 36.1 Å². The SMILES string of the molecule is CCCCCc1cc(OC(=O)C(F)(F)C(F)(F)F)cc(OC(=O)C(F)(F)C(F)(F)F)c1. The van der Waals surface area contributed by atoms with Crippen LogP contribution in [0.2, 0.25) is 0 Å². The molecule has 0 fully saturated rings. The third-order valence-corrected chi connectivity index (χ3v) is 3.65. The molecule has 14 heteroatoms. The summed E-state index contributed by atoms with van der Waals surface area (Å²) in [6.45, 7) is 1.78. The average Bonchev–Trinajstić information content (AvgIpc) is 2.59. The highest BCUT2D eigenvalue weighted by atomic mass is 19.4. The molecule has 1 aromatic carbocycles. The lowest BCUT2D eigenvalue weighted by atomic mass is 10.1. The summed E-state index contributed by atoms with van der Waals surface area (Å²) in [5.41, 5.74) is -0.0489. The van der Waals surface area contributed by atoms with Crippen molar-refractivity contribution in [1.82, 2.24) is 0 Å². The van der Waals surface area contributed by atoms with Gasteiger partial charge in [-0.05, 0) is 30.5 Å². The molecule has 0 aliphatic heterocycles. The monoisotopic (exact) mass is 472 g/mol. The summed E-state index contributed by atoms with van der Waals surface area (Å²) in [5.74, 6) is -20.2. The Morgan fingerprint density at radius 1 is 0.710 bits per heavy atom. The summed E-state index contributed by atoms with van der Waals surface area (Å²) in [6.07, 6.45) is -11.0. The van der Waals surface area contributed by atoms with Crippen LogP contribution in [0.3, 0.4) is 0 Å². The van der Waals surface area contributed by atoms with E-state index in [2.05, 4.69) is 9.47 Å². The fourth-order valence-electron chi connectivity index (χ4n) is 2.05. The number of benzene rings is 1. The minimum Gasteiger partial charge on any atom is -0.422 e. The lowest BCUT2D eigenvalue weighted by Gasteiger charge is -2.19. The van der Waals surface area contributed by atoms with Gasteiger partial charge < -0.3 is 9.47 Å². The van der Waals surface area contributed by atoms with Gasteiger partial charge in [-0.25, -0.2) is 9.59 Å². The maximum Gasteiger partial charge on any atom is 0.465 e. The molecule has 1 rings (SSSR count). The van der Waals surface area contributed by atoms with Gasteiger partial charge in [-0.3, -0.25) is 0 Å². The molecule has 0 saturated heterocycles. The van der Waals surface area contributed by atoms with E-state index in [0.717, 1.165) is 12.1 Å². The van der Waals surface area contributed by atoms with Gasteiger partial charge in [0.05, 0.1) is 0 Å².